The minimum Gasteiger partial charge on any atom is -0.481 e. The zero-order chi connectivity index (χ0) is 21.4. The first kappa shape index (κ1) is 21.3. The molecule has 0 unspecified atom stereocenters. The number of hydrogen-bond acceptors (Lipinski definition) is 3. The highest BCUT2D eigenvalue weighted by Gasteiger charge is 2.37. The van der Waals surface area contributed by atoms with Crippen LogP contribution < -0.4 is 11.1 Å². The number of hydrogen-bond donors (Lipinski definition) is 3. The highest BCUT2D eigenvalue weighted by Crippen LogP contribution is 2.36. The van der Waals surface area contributed by atoms with E-state index in [0.29, 0.717) is 6.42 Å². The van der Waals surface area contributed by atoms with Crippen molar-refractivity contribution in [2.45, 2.75) is 30.8 Å². The Morgan fingerprint density at radius 1 is 0.800 bits per heavy atom. The van der Waals surface area contributed by atoms with E-state index < -0.39 is 17.6 Å². The normalized spacial score (nSPS) is 12.2. The van der Waals surface area contributed by atoms with Gasteiger partial charge in [-0.3, -0.25) is 9.59 Å². The molecule has 0 saturated heterocycles. The van der Waals surface area contributed by atoms with Gasteiger partial charge in [0, 0.05) is 12.5 Å². The number of carboxylic acids is 1. The Labute approximate surface area is 176 Å². The third-order valence-corrected chi connectivity index (χ3v) is 5.13. The fraction of sp³-hybridized carbons (Fsp3) is 0.200. The summed E-state index contributed by atoms with van der Waals surface area (Å²) in [6.45, 7) is 0. The summed E-state index contributed by atoms with van der Waals surface area (Å²) in [5, 5.41) is 12.1. The lowest BCUT2D eigenvalue weighted by molar-refractivity contribution is -0.137. The molecule has 5 heteroatoms. The van der Waals surface area contributed by atoms with Crippen LogP contribution in [0.3, 0.4) is 0 Å². The summed E-state index contributed by atoms with van der Waals surface area (Å²) in [6, 6.07) is 28.9. The van der Waals surface area contributed by atoms with Crippen LogP contribution in [0.2, 0.25) is 0 Å². The second-order valence-electron chi connectivity index (χ2n) is 7.29. The first-order valence-electron chi connectivity index (χ1n) is 9.97. The standard InChI is InChI=1S/C25H26N2O3/c26-22(18-24(29)30)16-17-23(28)27-25(19-10-4-1-5-11-19,20-12-6-2-7-13-20)21-14-8-3-9-15-21/h1-15,22H,16-18,26H2,(H,27,28)(H,29,30)/t22-/m1/s1. The van der Waals surface area contributed by atoms with Crippen LogP contribution in [0.1, 0.15) is 36.0 Å². The Morgan fingerprint density at radius 2 is 1.20 bits per heavy atom. The molecule has 0 heterocycles. The van der Waals surface area contributed by atoms with Crippen LogP contribution in [-0.4, -0.2) is 23.0 Å². The van der Waals surface area contributed by atoms with Crippen LogP contribution in [0, 0.1) is 0 Å². The smallest absolute Gasteiger partial charge is 0.304 e. The van der Waals surface area contributed by atoms with Gasteiger partial charge in [-0.1, -0.05) is 91.0 Å². The van der Waals surface area contributed by atoms with E-state index in [-0.39, 0.29) is 18.7 Å². The highest BCUT2D eigenvalue weighted by molar-refractivity contribution is 5.79. The molecule has 1 amide bonds. The molecule has 0 aromatic heterocycles. The van der Waals surface area contributed by atoms with E-state index in [1.54, 1.807) is 0 Å². The van der Waals surface area contributed by atoms with Crippen molar-refractivity contribution in [3.8, 4) is 0 Å². The Hall–Kier alpha value is -3.44. The number of rotatable bonds is 9. The third-order valence-electron chi connectivity index (χ3n) is 5.13. The molecular weight excluding hydrogens is 376 g/mol. The second kappa shape index (κ2) is 9.85. The number of carboxylic acid groups (broad SMARTS) is 1. The van der Waals surface area contributed by atoms with Crippen molar-refractivity contribution in [3.05, 3.63) is 108 Å². The van der Waals surface area contributed by atoms with E-state index in [2.05, 4.69) is 5.32 Å². The number of nitrogens with two attached hydrogens (primary N) is 1. The van der Waals surface area contributed by atoms with Gasteiger partial charge in [0.05, 0.1) is 6.42 Å². The van der Waals surface area contributed by atoms with E-state index in [0.717, 1.165) is 16.7 Å². The topological polar surface area (TPSA) is 92.4 Å². The first-order chi connectivity index (χ1) is 14.5. The van der Waals surface area contributed by atoms with Gasteiger partial charge < -0.3 is 16.2 Å². The van der Waals surface area contributed by atoms with E-state index in [1.165, 1.54) is 0 Å². The zero-order valence-corrected chi connectivity index (χ0v) is 16.7. The van der Waals surface area contributed by atoms with Gasteiger partial charge >= 0.3 is 5.97 Å². The van der Waals surface area contributed by atoms with Crippen molar-refractivity contribution in [2.24, 2.45) is 5.73 Å². The number of benzene rings is 3. The molecule has 30 heavy (non-hydrogen) atoms. The van der Waals surface area contributed by atoms with Crippen LogP contribution in [-0.2, 0) is 15.1 Å². The number of carbonyl (C=O) groups is 2. The lowest BCUT2D eigenvalue weighted by atomic mass is 9.77. The minimum atomic E-state index is -0.963. The molecule has 0 aliphatic carbocycles. The van der Waals surface area contributed by atoms with Crippen molar-refractivity contribution >= 4 is 11.9 Å². The Kier molecular flexibility index (Phi) is 6.99. The van der Waals surface area contributed by atoms with Gasteiger partial charge in [-0.05, 0) is 23.1 Å². The van der Waals surface area contributed by atoms with E-state index >= 15 is 0 Å². The number of aliphatic carboxylic acids is 1. The van der Waals surface area contributed by atoms with Crippen LogP contribution in [0.25, 0.3) is 0 Å². The average molecular weight is 402 g/mol. The molecular formula is C25H26N2O3. The molecule has 0 bridgehead atoms. The lowest BCUT2D eigenvalue weighted by Crippen LogP contribution is -2.48. The maximum Gasteiger partial charge on any atom is 0.304 e. The fourth-order valence-electron chi connectivity index (χ4n) is 3.70. The van der Waals surface area contributed by atoms with Crippen molar-refractivity contribution in [2.75, 3.05) is 0 Å². The molecule has 0 radical (unpaired) electrons. The van der Waals surface area contributed by atoms with E-state index in [9.17, 15) is 9.59 Å². The van der Waals surface area contributed by atoms with Gasteiger partial charge in [-0.25, -0.2) is 0 Å². The first-order valence-corrected chi connectivity index (χ1v) is 9.97. The number of nitrogens with one attached hydrogen (secondary N) is 1. The Bertz CT molecular complexity index is 863. The SMILES string of the molecule is N[C@H](CCC(=O)NC(c1ccccc1)(c1ccccc1)c1ccccc1)CC(=O)O. The minimum absolute atomic E-state index is 0.142. The Morgan fingerprint density at radius 3 is 1.57 bits per heavy atom. The predicted molar refractivity (Wildman–Crippen MR) is 117 cm³/mol. The molecule has 4 N–H and O–H groups in total. The van der Waals surface area contributed by atoms with Gasteiger partial charge in [-0.15, -0.1) is 0 Å². The van der Waals surface area contributed by atoms with Crippen LogP contribution in [0.5, 0.6) is 0 Å². The molecule has 0 aliphatic rings. The Balaban J connectivity index is 2.01. The summed E-state index contributed by atoms with van der Waals surface area (Å²) >= 11 is 0. The van der Waals surface area contributed by atoms with Crippen LogP contribution in [0.4, 0.5) is 0 Å². The van der Waals surface area contributed by atoms with Gasteiger partial charge in [0.15, 0.2) is 0 Å². The molecule has 154 valence electrons. The summed E-state index contributed by atoms with van der Waals surface area (Å²) in [4.78, 5) is 23.9. The van der Waals surface area contributed by atoms with Crippen molar-refractivity contribution in [1.82, 2.24) is 5.32 Å². The van der Waals surface area contributed by atoms with Gasteiger partial charge in [0.1, 0.15) is 5.54 Å². The third kappa shape index (κ3) is 4.93. The molecule has 0 saturated carbocycles. The monoisotopic (exact) mass is 402 g/mol. The maximum absolute atomic E-state index is 13.1. The summed E-state index contributed by atoms with van der Waals surface area (Å²) in [6.07, 6.45) is 0.282. The predicted octanol–water partition coefficient (Wildman–Crippen LogP) is 3.68. The summed E-state index contributed by atoms with van der Waals surface area (Å²) in [5.74, 6) is -1.15. The number of amides is 1. The molecule has 3 aromatic carbocycles. The largest absolute Gasteiger partial charge is 0.481 e. The van der Waals surface area contributed by atoms with Gasteiger partial charge in [0.25, 0.3) is 0 Å². The molecule has 0 spiro atoms. The maximum atomic E-state index is 13.1. The second-order valence-corrected chi connectivity index (χ2v) is 7.29. The highest BCUT2D eigenvalue weighted by atomic mass is 16.4. The van der Waals surface area contributed by atoms with Crippen molar-refractivity contribution < 1.29 is 14.7 Å². The molecule has 5 nitrogen and oxygen atoms in total. The summed E-state index contributed by atoms with van der Waals surface area (Å²) in [5.41, 5.74) is 7.79. The quantitative estimate of drug-likeness (QED) is 0.476. The van der Waals surface area contributed by atoms with Crippen LogP contribution >= 0.6 is 0 Å². The molecule has 0 fully saturated rings. The van der Waals surface area contributed by atoms with Gasteiger partial charge in [-0.2, -0.15) is 0 Å². The van der Waals surface area contributed by atoms with Crippen LogP contribution in [0.15, 0.2) is 91.0 Å². The molecule has 0 aliphatic heterocycles. The van der Waals surface area contributed by atoms with E-state index in [4.69, 9.17) is 10.8 Å². The molecule has 1 atom stereocenters. The molecule has 3 rings (SSSR count). The fourth-order valence-corrected chi connectivity index (χ4v) is 3.70. The lowest BCUT2D eigenvalue weighted by Gasteiger charge is -2.37. The van der Waals surface area contributed by atoms with E-state index in [1.807, 2.05) is 91.0 Å². The van der Waals surface area contributed by atoms with Crippen molar-refractivity contribution in [3.63, 3.8) is 0 Å². The van der Waals surface area contributed by atoms with Crippen molar-refractivity contribution in [1.29, 1.82) is 0 Å². The molecule has 3 aromatic rings. The zero-order valence-electron chi connectivity index (χ0n) is 16.7. The summed E-state index contributed by atoms with van der Waals surface area (Å²) < 4.78 is 0. The summed E-state index contributed by atoms with van der Waals surface area (Å²) in [7, 11) is 0. The average Bonchev–Trinajstić information content (AvgIpc) is 2.77. The number of carbonyl (C=O) groups excluding carboxylic acids is 1. The van der Waals surface area contributed by atoms with Gasteiger partial charge in [0.2, 0.25) is 5.91 Å².